The van der Waals surface area contributed by atoms with E-state index in [0.717, 1.165) is 11.1 Å². The molecule has 0 fully saturated rings. The number of allylic oxidation sites excluding steroid dienone is 1. The van der Waals surface area contributed by atoms with E-state index in [4.69, 9.17) is 33.3 Å². The van der Waals surface area contributed by atoms with Gasteiger partial charge < -0.3 is 10.6 Å². The molecular weight excluding hydrogens is 471 g/mol. The summed E-state index contributed by atoms with van der Waals surface area (Å²) in [6, 6.07) is 16.1. The number of fused-ring (bicyclic) bond motifs is 1. The second-order valence-corrected chi connectivity index (χ2v) is 8.71. The van der Waals surface area contributed by atoms with Crippen molar-refractivity contribution in [2.45, 2.75) is 19.9 Å². The minimum atomic E-state index is -0.649. The van der Waals surface area contributed by atoms with Crippen molar-refractivity contribution < 1.29 is 4.79 Å². The molecule has 34 heavy (non-hydrogen) atoms. The van der Waals surface area contributed by atoms with Crippen LogP contribution in [0.5, 0.6) is 0 Å². The summed E-state index contributed by atoms with van der Waals surface area (Å²) < 4.78 is 1.68. The smallest absolute Gasteiger partial charge is 0.255 e. The lowest BCUT2D eigenvalue weighted by Gasteiger charge is -2.29. The third kappa shape index (κ3) is 3.93. The van der Waals surface area contributed by atoms with E-state index in [1.807, 2.05) is 44.2 Å². The molecule has 0 saturated carbocycles. The van der Waals surface area contributed by atoms with Crippen molar-refractivity contribution in [1.29, 1.82) is 0 Å². The molecule has 2 N–H and O–H groups in total. The average molecular weight is 491 g/mol. The van der Waals surface area contributed by atoms with Gasteiger partial charge in [0.1, 0.15) is 6.04 Å². The molecule has 170 valence electrons. The Morgan fingerprint density at radius 2 is 1.88 bits per heavy atom. The van der Waals surface area contributed by atoms with Gasteiger partial charge >= 0.3 is 0 Å². The summed E-state index contributed by atoms with van der Waals surface area (Å²) in [7, 11) is 0. The minimum absolute atomic E-state index is 0.308. The Morgan fingerprint density at radius 1 is 1.06 bits per heavy atom. The van der Waals surface area contributed by atoms with Crippen LogP contribution in [-0.4, -0.2) is 25.7 Å². The van der Waals surface area contributed by atoms with E-state index >= 15 is 0 Å². The summed E-state index contributed by atoms with van der Waals surface area (Å²) in [5.41, 5.74) is 4.26. The largest absolute Gasteiger partial charge is 0.328 e. The van der Waals surface area contributed by atoms with Gasteiger partial charge in [0, 0.05) is 23.0 Å². The molecule has 9 heteroatoms. The van der Waals surface area contributed by atoms with Crippen LogP contribution >= 0.6 is 23.2 Å². The van der Waals surface area contributed by atoms with Crippen LogP contribution in [0.1, 0.15) is 24.1 Å². The van der Waals surface area contributed by atoms with Gasteiger partial charge in [-0.3, -0.25) is 9.78 Å². The molecule has 2 aromatic carbocycles. The molecule has 0 bridgehead atoms. The first-order valence-electron chi connectivity index (χ1n) is 10.6. The number of pyridine rings is 1. The highest BCUT2D eigenvalue weighted by Gasteiger charge is 2.36. The molecule has 7 nitrogen and oxygen atoms in total. The van der Waals surface area contributed by atoms with Crippen LogP contribution < -0.4 is 10.6 Å². The van der Waals surface area contributed by atoms with Gasteiger partial charge in [-0.2, -0.15) is 4.98 Å². The summed E-state index contributed by atoms with van der Waals surface area (Å²) in [5.74, 6) is 0.748. The Morgan fingerprint density at radius 3 is 2.65 bits per heavy atom. The molecule has 3 heterocycles. The van der Waals surface area contributed by atoms with Crippen LogP contribution in [0.25, 0.3) is 11.4 Å². The van der Waals surface area contributed by atoms with Crippen molar-refractivity contribution >= 4 is 40.7 Å². The van der Waals surface area contributed by atoms with Crippen molar-refractivity contribution in [2.75, 3.05) is 10.6 Å². The Kier molecular flexibility index (Phi) is 5.81. The number of halogens is 2. The monoisotopic (exact) mass is 490 g/mol. The summed E-state index contributed by atoms with van der Waals surface area (Å²) in [6.45, 7) is 3.83. The number of nitrogens with one attached hydrogen (secondary N) is 2. The number of carbonyl (C=O) groups excluding carboxylic acids is 1. The van der Waals surface area contributed by atoms with Crippen molar-refractivity contribution in [3.05, 3.63) is 99.4 Å². The molecule has 0 saturated heterocycles. The highest BCUT2D eigenvalue weighted by Crippen LogP contribution is 2.41. The standard InChI is InChI=1S/C25H20Cl2N6O/c1-14-7-3-4-9-17(14)23-31-25-29-15(2)20(24(34)30-16-8-6-12-28-13-16)22(33(25)32-23)18-10-5-11-19(26)21(18)27/h3-13,22H,1-2H3,(H,30,34)(H,29,31,32). The van der Waals surface area contributed by atoms with Gasteiger partial charge in [-0.15, -0.1) is 5.10 Å². The second kappa shape index (κ2) is 8.93. The van der Waals surface area contributed by atoms with Crippen LogP contribution in [0.15, 0.2) is 78.3 Å². The predicted octanol–water partition coefficient (Wildman–Crippen LogP) is 5.88. The number of aromatic nitrogens is 4. The molecule has 1 aliphatic heterocycles. The van der Waals surface area contributed by atoms with Crippen LogP contribution in [0.3, 0.4) is 0 Å². The van der Waals surface area contributed by atoms with Gasteiger partial charge in [0.2, 0.25) is 5.95 Å². The number of nitrogens with zero attached hydrogens (tertiary/aromatic N) is 4. The fraction of sp³-hybridized carbons (Fsp3) is 0.120. The topological polar surface area (TPSA) is 84.7 Å². The summed E-state index contributed by atoms with van der Waals surface area (Å²) in [4.78, 5) is 22.3. The molecular formula is C25H20Cl2N6O. The molecule has 0 aliphatic carbocycles. The second-order valence-electron chi connectivity index (χ2n) is 7.92. The maximum absolute atomic E-state index is 13.5. The maximum Gasteiger partial charge on any atom is 0.255 e. The first-order chi connectivity index (χ1) is 16.4. The van der Waals surface area contributed by atoms with Gasteiger partial charge in [0.05, 0.1) is 27.5 Å². The van der Waals surface area contributed by atoms with E-state index in [-0.39, 0.29) is 5.91 Å². The molecule has 0 spiro atoms. The normalized spacial score (nSPS) is 15.0. The summed E-state index contributed by atoms with van der Waals surface area (Å²) in [5, 5.41) is 11.7. The van der Waals surface area contributed by atoms with Crippen LogP contribution in [-0.2, 0) is 4.79 Å². The van der Waals surface area contributed by atoms with E-state index in [1.165, 1.54) is 0 Å². The number of amides is 1. The first-order valence-corrected chi connectivity index (χ1v) is 11.3. The average Bonchev–Trinajstić information content (AvgIpc) is 3.24. The number of anilines is 2. The molecule has 2 aromatic heterocycles. The Labute approximate surface area is 206 Å². The number of carbonyl (C=O) groups is 1. The number of rotatable bonds is 4. The Hall–Kier alpha value is -3.68. The maximum atomic E-state index is 13.5. The zero-order chi connectivity index (χ0) is 23.8. The lowest BCUT2D eigenvalue weighted by Crippen LogP contribution is -2.31. The molecule has 1 atom stereocenters. The fourth-order valence-electron chi connectivity index (χ4n) is 4.04. The highest BCUT2D eigenvalue weighted by molar-refractivity contribution is 6.42. The van der Waals surface area contributed by atoms with Gasteiger partial charge in [-0.1, -0.05) is 59.6 Å². The third-order valence-electron chi connectivity index (χ3n) is 5.68. The van der Waals surface area contributed by atoms with Crippen molar-refractivity contribution in [3.63, 3.8) is 0 Å². The van der Waals surface area contributed by atoms with E-state index in [2.05, 4.69) is 15.6 Å². The molecule has 4 aromatic rings. The van der Waals surface area contributed by atoms with E-state index in [9.17, 15) is 4.79 Å². The fourth-order valence-corrected chi connectivity index (χ4v) is 4.45. The SMILES string of the molecule is CC1=C(C(=O)Nc2cccnc2)C(c2cccc(Cl)c2Cl)n2nc(-c3ccccc3C)nc2N1. The van der Waals surface area contributed by atoms with Crippen LogP contribution in [0.4, 0.5) is 11.6 Å². The number of hydrogen-bond donors (Lipinski definition) is 2. The van der Waals surface area contributed by atoms with Crippen LogP contribution in [0.2, 0.25) is 10.0 Å². The Balaban J connectivity index is 1.66. The third-order valence-corrected chi connectivity index (χ3v) is 6.51. The lowest BCUT2D eigenvalue weighted by molar-refractivity contribution is -0.113. The highest BCUT2D eigenvalue weighted by atomic mass is 35.5. The van der Waals surface area contributed by atoms with E-state index < -0.39 is 6.04 Å². The quantitative estimate of drug-likeness (QED) is 0.372. The van der Waals surface area contributed by atoms with Gasteiger partial charge in [0.25, 0.3) is 5.91 Å². The van der Waals surface area contributed by atoms with E-state index in [0.29, 0.717) is 44.3 Å². The van der Waals surface area contributed by atoms with Crippen molar-refractivity contribution in [1.82, 2.24) is 19.7 Å². The van der Waals surface area contributed by atoms with Gasteiger partial charge in [0.15, 0.2) is 5.82 Å². The zero-order valence-electron chi connectivity index (χ0n) is 18.4. The summed E-state index contributed by atoms with van der Waals surface area (Å²) in [6.07, 6.45) is 3.23. The number of aryl methyl sites for hydroxylation is 1. The minimum Gasteiger partial charge on any atom is -0.328 e. The number of hydrogen-bond acceptors (Lipinski definition) is 5. The first kappa shape index (κ1) is 22.1. The molecule has 0 radical (unpaired) electrons. The van der Waals surface area contributed by atoms with Crippen molar-refractivity contribution in [2.24, 2.45) is 0 Å². The van der Waals surface area contributed by atoms with Crippen molar-refractivity contribution in [3.8, 4) is 11.4 Å². The molecule has 1 aliphatic rings. The van der Waals surface area contributed by atoms with Crippen LogP contribution in [0, 0.1) is 6.92 Å². The zero-order valence-corrected chi connectivity index (χ0v) is 19.9. The lowest BCUT2D eigenvalue weighted by atomic mass is 9.95. The van der Waals surface area contributed by atoms with E-state index in [1.54, 1.807) is 41.3 Å². The molecule has 1 unspecified atom stereocenters. The number of benzene rings is 2. The Bertz CT molecular complexity index is 1430. The summed E-state index contributed by atoms with van der Waals surface area (Å²) >= 11 is 13.0. The molecule has 5 rings (SSSR count). The predicted molar refractivity (Wildman–Crippen MR) is 134 cm³/mol. The van der Waals surface area contributed by atoms with Gasteiger partial charge in [-0.05, 0) is 37.6 Å². The van der Waals surface area contributed by atoms with Gasteiger partial charge in [-0.25, -0.2) is 4.68 Å². The molecule has 1 amide bonds.